The number of ketones is 1. The fraction of sp³-hybridized carbons (Fsp3) is 0.385. The molecule has 1 aliphatic rings. The molecule has 1 N–H and O–H groups in total. The summed E-state index contributed by atoms with van der Waals surface area (Å²) in [6.45, 7) is 0. The van der Waals surface area contributed by atoms with Crippen LogP contribution in [0, 0.1) is 0 Å². The minimum atomic E-state index is -0.898. The van der Waals surface area contributed by atoms with Gasteiger partial charge in [-0.3, -0.25) is 4.79 Å². The van der Waals surface area contributed by atoms with Gasteiger partial charge in [-0.1, -0.05) is 12.1 Å². The fourth-order valence-electron chi connectivity index (χ4n) is 2.17. The van der Waals surface area contributed by atoms with Gasteiger partial charge in [-0.05, 0) is 36.5 Å². The van der Waals surface area contributed by atoms with Crippen molar-refractivity contribution in [3.05, 3.63) is 35.4 Å². The standard InChI is InChI=1S/C13H14O3/c14-12-7-5-10(6-8-12)9-1-3-11(4-2-9)13(15)16/h1-4,10H,5-8H2,(H,15,16). The predicted octanol–water partition coefficient (Wildman–Crippen LogP) is 2.61. The van der Waals surface area contributed by atoms with E-state index in [1.807, 2.05) is 12.1 Å². The Morgan fingerprint density at radius 3 is 2.19 bits per heavy atom. The molecule has 3 heteroatoms. The van der Waals surface area contributed by atoms with Crippen LogP contribution in [0.4, 0.5) is 0 Å². The lowest BCUT2D eigenvalue weighted by atomic mass is 9.83. The smallest absolute Gasteiger partial charge is 0.335 e. The predicted molar refractivity (Wildman–Crippen MR) is 59.6 cm³/mol. The Morgan fingerprint density at radius 2 is 1.69 bits per heavy atom. The third-order valence-corrected chi connectivity index (χ3v) is 3.17. The molecule has 1 aromatic rings. The van der Waals surface area contributed by atoms with Crippen LogP contribution in [0.25, 0.3) is 0 Å². The zero-order chi connectivity index (χ0) is 11.5. The molecule has 16 heavy (non-hydrogen) atoms. The summed E-state index contributed by atoms with van der Waals surface area (Å²) in [6, 6.07) is 7.00. The summed E-state index contributed by atoms with van der Waals surface area (Å²) in [5.74, 6) is -0.135. The number of rotatable bonds is 2. The Kier molecular flexibility index (Phi) is 3.04. The first-order valence-corrected chi connectivity index (χ1v) is 5.52. The molecule has 0 unspecified atom stereocenters. The van der Waals surface area contributed by atoms with Crippen molar-refractivity contribution in [2.45, 2.75) is 31.6 Å². The van der Waals surface area contributed by atoms with E-state index < -0.39 is 5.97 Å². The summed E-state index contributed by atoms with van der Waals surface area (Å²) < 4.78 is 0. The van der Waals surface area contributed by atoms with Crippen LogP contribution in [-0.4, -0.2) is 16.9 Å². The minimum Gasteiger partial charge on any atom is -0.478 e. The molecule has 0 aliphatic heterocycles. The summed E-state index contributed by atoms with van der Waals surface area (Å²) in [5, 5.41) is 8.78. The highest BCUT2D eigenvalue weighted by Crippen LogP contribution is 2.31. The van der Waals surface area contributed by atoms with E-state index in [9.17, 15) is 9.59 Å². The molecule has 0 spiro atoms. The van der Waals surface area contributed by atoms with Gasteiger partial charge in [-0.15, -0.1) is 0 Å². The molecule has 1 aliphatic carbocycles. The van der Waals surface area contributed by atoms with Crippen LogP contribution >= 0.6 is 0 Å². The van der Waals surface area contributed by atoms with Gasteiger partial charge in [0.25, 0.3) is 0 Å². The maximum absolute atomic E-state index is 11.1. The molecule has 1 aromatic carbocycles. The second-order valence-electron chi connectivity index (χ2n) is 4.24. The molecule has 84 valence electrons. The van der Waals surface area contributed by atoms with Crippen molar-refractivity contribution in [1.29, 1.82) is 0 Å². The molecule has 0 amide bonds. The van der Waals surface area contributed by atoms with Gasteiger partial charge < -0.3 is 5.11 Å². The van der Waals surface area contributed by atoms with Crippen molar-refractivity contribution in [1.82, 2.24) is 0 Å². The molecule has 0 heterocycles. The second-order valence-corrected chi connectivity index (χ2v) is 4.24. The van der Waals surface area contributed by atoms with Gasteiger partial charge in [0.15, 0.2) is 0 Å². The number of benzene rings is 1. The number of carboxylic acids is 1. The van der Waals surface area contributed by atoms with E-state index in [2.05, 4.69) is 0 Å². The highest BCUT2D eigenvalue weighted by molar-refractivity contribution is 5.87. The molecule has 2 rings (SSSR count). The van der Waals surface area contributed by atoms with Crippen molar-refractivity contribution in [2.24, 2.45) is 0 Å². The van der Waals surface area contributed by atoms with Gasteiger partial charge in [-0.2, -0.15) is 0 Å². The van der Waals surface area contributed by atoms with Gasteiger partial charge in [0, 0.05) is 12.8 Å². The molecule has 0 radical (unpaired) electrons. The van der Waals surface area contributed by atoms with Crippen LogP contribution in [-0.2, 0) is 4.79 Å². The normalized spacial score (nSPS) is 17.4. The summed E-state index contributed by atoms with van der Waals surface area (Å²) in [7, 11) is 0. The number of carboxylic acid groups (broad SMARTS) is 1. The first kappa shape index (κ1) is 10.9. The Labute approximate surface area is 94.1 Å². The molecule has 1 saturated carbocycles. The summed E-state index contributed by atoms with van der Waals surface area (Å²) in [5.41, 5.74) is 1.47. The van der Waals surface area contributed by atoms with Crippen molar-refractivity contribution in [2.75, 3.05) is 0 Å². The summed E-state index contributed by atoms with van der Waals surface area (Å²) in [6.07, 6.45) is 3.10. The average Bonchev–Trinajstić information content (AvgIpc) is 2.30. The molecular formula is C13H14O3. The van der Waals surface area contributed by atoms with E-state index in [0.29, 0.717) is 30.1 Å². The maximum atomic E-state index is 11.1. The van der Waals surface area contributed by atoms with Crippen molar-refractivity contribution < 1.29 is 14.7 Å². The Morgan fingerprint density at radius 1 is 1.12 bits per heavy atom. The maximum Gasteiger partial charge on any atom is 0.335 e. The topological polar surface area (TPSA) is 54.4 Å². The Hall–Kier alpha value is -1.64. The number of hydrogen-bond donors (Lipinski definition) is 1. The average molecular weight is 218 g/mol. The Bertz CT molecular complexity index is 396. The molecule has 0 atom stereocenters. The van der Waals surface area contributed by atoms with Crippen LogP contribution in [0.3, 0.4) is 0 Å². The number of aromatic carboxylic acids is 1. The lowest BCUT2D eigenvalue weighted by molar-refractivity contribution is -0.120. The second kappa shape index (κ2) is 4.47. The Balaban J connectivity index is 2.10. The lowest BCUT2D eigenvalue weighted by Gasteiger charge is -2.21. The zero-order valence-corrected chi connectivity index (χ0v) is 8.98. The summed E-state index contributed by atoms with van der Waals surface area (Å²) in [4.78, 5) is 21.8. The van der Waals surface area contributed by atoms with Gasteiger partial charge >= 0.3 is 5.97 Å². The lowest BCUT2D eigenvalue weighted by Crippen LogP contribution is -2.12. The zero-order valence-electron chi connectivity index (χ0n) is 8.98. The number of Topliss-reactive ketones (excluding diaryl/α,β-unsaturated/α-hetero) is 1. The highest BCUT2D eigenvalue weighted by atomic mass is 16.4. The van der Waals surface area contributed by atoms with Crippen LogP contribution in [0.2, 0.25) is 0 Å². The van der Waals surface area contributed by atoms with E-state index in [1.165, 1.54) is 0 Å². The SMILES string of the molecule is O=C1CCC(c2ccc(C(=O)O)cc2)CC1. The summed E-state index contributed by atoms with van der Waals surface area (Å²) >= 11 is 0. The third-order valence-electron chi connectivity index (χ3n) is 3.17. The molecule has 0 aromatic heterocycles. The number of carbonyl (C=O) groups is 2. The molecule has 0 bridgehead atoms. The minimum absolute atomic E-state index is 0.315. The monoisotopic (exact) mass is 218 g/mol. The molecular weight excluding hydrogens is 204 g/mol. The quantitative estimate of drug-likeness (QED) is 0.830. The van der Waals surface area contributed by atoms with Crippen molar-refractivity contribution in [3.63, 3.8) is 0 Å². The van der Waals surface area contributed by atoms with E-state index >= 15 is 0 Å². The highest BCUT2D eigenvalue weighted by Gasteiger charge is 2.20. The van der Waals surface area contributed by atoms with Crippen LogP contribution in [0.1, 0.15) is 47.5 Å². The first-order chi connectivity index (χ1) is 7.66. The van der Waals surface area contributed by atoms with Gasteiger partial charge in [-0.25, -0.2) is 4.79 Å². The van der Waals surface area contributed by atoms with Crippen LogP contribution < -0.4 is 0 Å². The third kappa shape index (κ3) is 2.30. The largest absolute Gasteiger partial charge is 0.478 e. The van der Waals surface area contributed by atoms with Crippen molar-refractivity contribution in [3.8, 4) is 0 Å². The van der Waals surface area contributed by atoms with Gasteiger partial charge in [0.05, 0.1) is 5.56 Å². The fourth-order valence-corrected chi connectivity index (χ4v) is 2.17. The van der Waals surface area contributed by atoms with Crippen LogP contribution in [0.15, 0.2) is 24.3 Å². The van der Waals surface area contributed by atoms with E-state index in [-0.39, 0.29) is 0 Å². The molecule has 3 nitrogen and oxygen atoms in total. The van der Waals surface area contributed by atoms with E-state index in [4.69, 9.17) is 5.11 Å². The molecule has 1 fully saturated rings. The van der Waals surface area contributed by atoms with Crippen LogP contribution in [0.5, 0.6) is 0 Å². The number of carbonyl (C=O) groups excluding carboxylic acids is 1. The van der Waals surface area contributed by atoms with Gasteiger partial charge in [0.1, 0.15) is 5.78 Å². The van der Waals surface area contributed by atoms with Crippen molar-refractivity contribution >= 4 is 11.8 Å². The molecule has 0 saturated heterocycles. The first-order valence-electron chi connectivity index (χ1n) is 5.52. The number of hydrogen-bond acceptors (Lipinski definition) is 2. The van der Waals surface area contributed by atoms with Gasteiger partial charge in [0.2, 0.25) is 0 Å². The van der Waals surface area contributed by atoms with E-state index in [1.54, 1.807) is 12.1 Å². The van der Waals surface area contributed by atoms with E-state index in [0.717, 1.165) is 18.4 Å².